The maximum Gasteiger partial charge on any atom is 0.0480 e. The number of hydrogen-bond donors (Lipinski definition) is 1. The molecule has 2 nitrogen and oxygen atoms in total. The summed E-state index contributed by atoms with van der Waals surface area (Å²) in [6, 6.07) is 0. The molecule has 9 heavy (non-hydrogen) atoms. The molecule has 1 N–H and O–H groups in total. The van der Waals surface area contributed by atoms with Gasteiger partial charge in [0.15, 0.2) is 0 Å². The van der Waals surface area contributed by atoms with E-state index >= 15 is 0 Å². The maximum atomic E-state index is 3.71. The van der Waals surface area contributed by atoms with E-state index in [9.17, 15) is 0 Å². The molecule has 0 bridgehead atoms. The van der Waals surface area contributed by atoms with E-state index in [4.69, 9.17) is 0 Å². The predicted octanol–water partition coefficient (Wildman–Crippen LogP) is 0.463. The second-order valence-electron chi connectivity index (χ2n) is 2.48. The average molecular weight is 127 g/mol. The molecule has 1 aliphatic heterocycles. The summed E-state index contributed by atoms with van der Waals surface area (Å²) in [5, 5.41) is 3.20. The molecule has 0 aromatic heterocycles. The van der Waals surface area contributed by atoms with Crippen LogP contribution in [0.25, 0.3) is 0 Å². The molecule has 1 saturated heterocycles. The summed E-state index contributed by atoms with van der Waals surface area (Å²) < 4.78 is 0. The first-order valence-electron chi connectivity index (χ1n) is 3.66. The molecule has 1 heterocycles. The van der Waals surface area contributed by atoms with Crippen LogP contribution in [0.2, 0.25) is 0 Å². The zero-order valence-corrected chi connectivity index (χ0v) is 5.90. The van der Waals surface area contributed by atoms with Crippen LogP contribution in [0, 0.1) is 6.92 Å². The normalized spacial score (nSPS) is 21.0. The van der Waals surface area contributed by atoms with E-state index in [1.807, 2.05) is 0 Å². The Bertz CT molecular complexity index is 67.3. The van der Waals surface area contributed by atoms with Crippen LogP contribution in [0.15, 0.2) is 0 Å². The van der Waals surface area contributed by atoms with Crippen LogP contribution in [-0.4, -0.2) is 31.2 Å². The van der Waals surface area contributed by atoms with Gasteiger partial charge in [-0.1, -0.05) is 0 Å². The minimum Gasteiger partial charge on any atom is -0.304 e. The molecule has 0 amide bonds. The van der Waals surface area contributed by atoms with Crippen LogP contribution in [0.4, 0.5) is 0 Å². The van der Waals surface area contributed by atoms with Crippen molar-refractivity contribution in [1.29, 1.82) is 0 Å². The second kappa shape index (κ2) is 3.85. The molecule has 0 aromatic carbocycles. The third kappa shape index (κ3) is 2.33. The molecule has 1 radical (unpaired) electrons. The zero-order chi connectivity index (χ0) is 6.53. The van der Waals surface area contributed by atoms with E-state index < -0.39 is 0 Å². The van der Waals surface area contributed by atoms with Gasteiger partial charge < -0.3 is 5.32 Å². The highest BCUT2D eigenvalue weighted by atomic mass is 15.2. The van der Waals surface area contributed by atoms with Gasteiger partial charge in [0.05, 0.1) is 0 Å². The molecule has 1 aliphatic rings. The smallest absolute Gasteiger partial charge is 0.0480 e. The van der Waals surface area contributed by atoms with E-state index in [2.05, 4.69) is 17.1 Å². The van der Waals surface area contributed by atoms with E-state index in [1.54, 1.807) is 0 Å². The molecule has 0 unspecified atom stereocenters. The lowest BCUT2D eigenvalue weighted by atomic mass is 10.4. The van der Waals surface area contributed by atoms with Crippen molar-refractivity contribution in [1.82, 2.24) is 10.2 Å². The molecular weight excluding hydrogens is 112 g/mol. The number of nitrogens with one attached hydrogen (secondary N) is 1. The summed E-state index contributed by atoms with van der Waals surface area (Å²) in [5.74, 6) is 0. The molecule has 0 spiro atoms. The van der Waals surface area contributed by atoms with E-state index in [1.165, 1.54) is 25.9 Å². The Hall–Kier alpha value is -0.0800. The fourth-order valence-corrected chi connectivity index (χ4v) is 1.18. The number of nitrogens with zero attached hydrogens (tertiary/aromatic N) is 1. The van der Waals surface area contributed by atoms with Crippen molar-refractivity contribution in [2.24, 2.45) is 0 Å². The molecule has 0 atom stereocenters. The lowest BCUT2D eigenvalue weighted by molar-refractivity contribution is 0.315. The average Bonchev–Trinajstić information content (AvgIpc) is 2.34. The van der Waals surface area contributed by atoms with Crippen molar-refractivity contribution in [2.75, 3.05) is 26.3 Å². The summed E-state index contributed by atoms with van der Waals surface area (Å²) in [6.07, 6.45) is 2.75. The van der Waals surface area contributed by atoms with Crippen LogP contribution in [-0.2, 0) is 0 Å². The van der Waals surface area contributed by atoms with Crippen molar-refractivity contribution < 1.29 is 0 Å². The summed E-state index contributed by atoms with van der Waals surface area (Å²) in [6.45, 7) is 8.13. The van der Waals surface area contributed by atoms with Gasteiger partial charge in [-0.05, 0) is 39.4 Å². The number of rotatable bonds is 3. The lowest BCUT2D eigenvalue weighted by Crippen LogP contribution is -2.31. The molecular formula is C7H15N2. The van der Waals surface area contributed by atoms with Crippen molar-refractivity contribution in [3.63, 3.8) is 0 Å². The largest absolute Gasteiger partial charge is 0.304 e. The molecule has 1 rings (SSSR count). The van der Waals surface area contributed by atoms with Crippen molar-refractivity contribution >= 4 is 0 Å². The van der Waals surface area contributed by atoms with Gasteiger partial charge in [-0.2, -0.15) is 0 Å². The highest BCUT2D eigenvalue weighted by molar-refractivity contribution is 4.64. The molecule has 53 valence electrons. The fraction of sp³-hybridized carbons (Fsp3) is 0.857. The third-order valence-electron chi connectivity index (χ3n) is 1.71. The summed E-state index contributed by atoms with van der Waals surface area (Å²) >= 11 is 0. The maximum absolute atomic E-state index is 3.71. The van der Waals surface area contributed by atoms with Gasteiger partial charge in [0.2, 0.25) is 0 Å². The van der Waals surface area contributed by atoms with Gasteiger partial charge >= 0.3 is 0 Å². The quantitative estimate of drug-likeness (QED) is 0.592. The fourth-order valence-electron chi connectivity index (χ4n) is 1.18. The first-order valence-corrected chi connectivity index (χ1v) is 3.66. The van der Waals surface area contributed by atoms with Gasteiger partial charge in [0, 0.05) is 6.67 Å². The standard InChI is InChI=1S/C7H15N2/c1-2-8-7-9-5-3-4-6-9/h8H,1-7H2. The Morgan fingerprint density at radius 1 is 1.33 bits per heavy atom. The van der Waals surface area contributed by atoms with Gasteiger partial charge in [-0.15, -0.1) is 0 Å². The van der Waals surface area contributed by atoms with Crippen LogP contribution in [0.1, 0.15) is 12.8 Å². The Kier molecular flexibility index (Phi) is 3.01. The van der Waals surface area contributed by atoms with Crippen molar-refractivity contribution in [2.45, 2.75) is 12.8 Å². The van der Waals surface area contributed by atoms with Gasteiger partial charge in [-0.3, -0.25) is 4.90 Å². The van der Waals surface area contributed by atoms with Crippen LogP contribution >= 0.6 is 0 Å². The predicted molar refractivity (Wildman–Crippen MR) is 39.0 cm³/mol. The van der Waals surface area contributed by atoms with E-state index in [-0.39, 0.29) is 0 Å². The first-order chi connectivity index (χ1) is 4.43. The van der Waals surface area contributed by atoms with Crippen molar-refractivity contribution in [3.05, 3.63) is 6.92 Å². The van der Waals surface area contributed by atoms with Gasteiger partial charge in [0.1, 0.15) is 0 Å². The number of likely N-dealkylation sites (tertiary alicyclic amines) is 1. The monoisotopic (exact) mass is 127 g/mol. The first kappa shape index (κ1) is 7.03. The van der Waals surface area contributed by atoms with Crippen LogP contribution in [0.5, 0.6) is 0 Å². The van der Waals surface area contributed by atoms with Crippen LogP contribution < -0.4 is 5.32 Å². The summed E-state index contributed by atoms with van der Waals surface area (Å²) in [5.41, 5.74) is 0. The SMILES string of the molecule is [CH2]CNCN1CCCC1. The molecule has 0 aliphatic carbocycles. The topological polar surface area (TPSA) is 15.3 Å². The third-order valence-corrected chi connectivity index (χ3v) is 1.71. The lowest BCUT2D eigenvalue weighted by Gasteiger charge is -2.13. The molecule has 2 heteroatoms. The Labute approximate surface area is 57.2 Å². The highest BCUT2D eigenvalue weighted by Crippen LogP contribution is 2.04. The van der Waals surface area contributed by atoms with Gasteiger partial charge in [0.25, 0.3) is 0 Å². The minimum atomic E-state index is 0.844. The summed E-state index contributed by atoms with van der Waals surface area (Å²) in [7, 11) is 0. The molecule has 0 aromatic rings. The minimum absolute atomic E-state index is 0.844. The zero-order valence-electron chi connectivity index (χ0n) is 5.90. The van der Waals surface area contributed by atoms with Crippen LogP contribution in [0.3, 0.4) is 0 Å². The van der Waals surface area contributed by atoms with E-state index in [0.29, 0.717) is 0 Å². The molecule has 0 saturated carbocycles. The van der Waals surface area contributed by atoms with Gasteiger partial charge in [-0.25, -0.2) is 0 Å². The van der Waals surface area contributed by atoms with E-state index in [0.717, 1.165) is 13.2 Å². The second-order valence-corrected chi connectivity index (χ2v) is 2.48. The van der Waals surface area contributed by atoms with Crippen molar-refractivity contribution in [3.8, 4) is 0 Å². The Morgan fingerprint density at radius 3 is 2.56 bits per heavy atom. The summed E-state index contributed by atoms with van der Waals surface area (Å²) in [4.78, 5) is 2.42. The number of hydrogen-bond acceptors (Lipinski definition) is 2. The highest BCUT2D eigenvalue weighted by Gasteiger charge is 2.08. The molecule has 1 fully saturated rings. The Morgan fingerprint density at radius 2 is 2.00 bits per heavy atom. The Balaban J connectivity index is 1.98.